The molecule has 24 heavy (non-hydrogen) atoms. The van der Waals surface area contributed by atoms with Gasteiger partial charge in [0.05, 0.1) is 18.0 Å². The number of nitrogens with zero attached hydrogens (tertiary/aromatic N) is 1. The average molecular weight is 336 g/mol. The molecule has 0 aliphatic heterocycles. The molecule has 0 saturated carbocycles. The summed E-state index contributed by atoms with van der Waals surface area (Å²) in [5, 5.41) is 0.152. The Labute approximate surface area is 133 Å². The molecule has 0 unspecified atom stereocenters. The lowest BCUT2D eigenvalue weighted by molar-refractivity contribution is -0.0511. The highest BCUT2D eigenvalue weighted by Crippen LogP contribution is 2.32. The summed E-state index contributed by atoms with van der Waals surface area (Å²) in [6.07, 6.45) is 0. The molecular formula is C16H11F3N2O3. The number of H-pyrrole nitrogens is 1. The Morgan fingerprint density at radius 1 is 1.12 bits per heavy atom. The molecule has 3 aromatic rings. The number of nitrogens with one attached hydrogen (secondary N) is 1. The van der Waals surface area contributed by atoms with E-state index in [4.69, 9.17) is 4.74 Å². The standard InChI is InChI=1S/C16H11F3N2O3/c1-23-12-6-10-11(7-13(12)24-16(18)19)20-14(21-15(10)22)8-2-4-9(17)5-3-8/h2-7,16H,1H3,(H,20,21,22). The third-order valence-corrected chi connectivity index (χ3v) is 3.32. The third kappa shape index (κ3) is 3.03. The van der Waals surface area contributed by atoms with Crippen LogP contribution in [-0.2, 0) is 0 Å². The smallest absolute Gasteiger partial charge is 0.387 e. The fourth-order valence-corrected chi connectivity index (χ4v) is 2.24. The van der Waals surface area contributed by atoms with E-state index in [1.807, 2.05) is 0 Å². The predicted molar refractivity (Wildman–Crippen MR) is 80.9 cm³/mol. The van der Waals surface area contributed by atoms with Crippen LogP contribution in [0.4, 0.5) is 13.2 Å². The average Bonchev–Trinajstić information content (AvgIpc) is 2.54. The highest BCUT2D eigenvalue weighted by Gasteiger charge is 2.15. The Morgan fingerprint density at radius 2 is 1.83 bits per heavy atom. The van der Waals surface area contributed by atoms with Crippen molar-refractivity contribution in [3.63, 3.8) is 0 Å². The van der Waals surface area contributed by atoms with Crippen molar-refractivity contribution in [3.8, 4) is 22.9 Å². The van der Waals surface area contributed by atoms with Crippen LogP contribution >= 0.6 is 0 Å². The largest absolute Gasteiger partial charge is 0.493 e. The molecule has 0 aliphatic rings. The molecule has 0 aliphatic carbocycles. The molecule has 0 radical (unpaired) electrons. The lowest BCUT2D eigenvalue weighted by Gasteiger charge is -2.11. The molecule has 0 amide bonds. The molecule has 3 rings (SSSR count). The van der Waals surface area contributed by atoms with E-state index in [0.717, 1.165) is 0 Å². The van der Waals surface area contributed by atoms with Gasteiger partial charge in [0.1, 0.15) is 11.6 Å². The molecule has 8 heteroatoms. The van der Waals surface area contributed by atoms with Gasteiger partial charge in [-0.05, 0) is 30.3 Å². The SMILES string of the molecule is COc1cc2c(=O)[nH]c(-c3ccc(F)cc3)nc2cc1OC(F)F. The van der Waals surface area contributed by atoms with Gasteiger partial charge >= 0.3 is 6.61 Å². The minimum absolute atomic E-state index is 0.00960. The summed E-state index contributed by atoms with van der Waals surface area (Å²) in [5.74, 6) is -0.493. The van der Waals surface area contributed by atoms with Gasteiger partial charge in [-0.2, -0.15) is 8.78 Å². The summed E-state index contributed by atoms with van der Waals surface area (Å²) < 4.78 is 47.3. The summed E-state index contributed by atoms with van der Waals surface area (Å²) in [7, 11) is 1.27. The zero-order valence-corrected chi connectivity index (χ0v) is 12.3. The predicted octanol–water partition coefficient (Wildman–Crippen LogP) is 3.34. The van der Waals surface area contributed by atoms with Crippen molar-refractivity contribution in [2.45, 2.75) is 6.61 Å². The molecular weight excluding hydrogens is 325 g/mol. The number of hydrogen-bond acceptors (Lipinski definition) is 4. The molecule has 0 atom stereocenters. The van der Waals surface area contributed by atoms with Gasteiger partial charge in [0, 0.05) is 11.6 Å². The minimum atomic E-state index is -3.05. The summed E-state index contributed by atoms with van der Waals surface area (Å²) in [5.41, 5.74) is 0.137. The normalized spacial score (nSPS) is 11.0. The highest BCUT2D eigenvalue weighted by atomic mass is 19.3. The van der Waals surface area contributed by atoms with Crippen molar-refractivity contribution in [2.75, 3.05) is 7.11 Å². The molecule has 5 nitrogen and oxygen atoms in total. The summed E-state index contributed by atoms with van der Waals surface area (Å²) >= 11 is 0. The number of benzene rings is 2. The quantitative estimate of drug-likeness (QED) is 0.794. The maximum atomic E-state index is 13.0. The van der Waals surface area contributed by atoms with Gasteiger partial charge in [0.2, 0.25) is 0 Å². The van der Waals surface area contributed by atoms with E-state index in [1.54, 1.807) is 0 Å². The first-order valence-corrected chi connectivity index (χ1v) is 6.81. The molecule has 0 saturated heterocycles. The van der Waals surface area contributed by atoms with Crippen molar-refractivity contribution in [1.29, 1.82) is 0 Å². The maximum absolute atomic E-state index is 13.0. The van der Waals surface area contributed by atoms with Crippen LogP contribution in [0.25, 0.3) is 22.3 Å². The number of aromatic amines is 1. The molecule has 1 aromatic heterocycles. The second kappa shape index (κ2) is 6.23. The number of rotatable bonds is 4. The third-order valence-electron chi connectivity index (χ3n) is 3.32. The number of alkyl halides is 2. The zero-order chi connectivity index (χ0) is 17.3. The molecule has 0 spiro atoms. The molecule has 124 valence electrons. The van der Waals surface area contributed by atoms with Crippen molar-refractivity contribution in [1.82, 2.24) is 9.97 Å². The van der Waals surface area contributed by atoms with Crippen molar-refractivity contribution < 1.29 is 22.6 Å². The van der Waals surface area contributed by atoms with Crippen LogP contribution in [0.15, 0.2) is 41.2 Å². The first-order valence-electron chi connectivity index (χ1n) is 6.81. The van der Waals surface area contributed by atoms with Gasteiger partial charge in [-0.25, -0.2) is 9.37 Å². The van der Waals surface area contributed by atoms with Gasteiger partial charge in [-0.1, -0.05) is 0 Å². The fourth-order valence-electron chi connectivity index (χ4n) is 2.24. The van der Waals surface area contributed by atoms with E-state index in [9.17, 15) is 18.0 Å². The minimum Gasteiger partial charge on any atom is -0.493 e. The summed E-state index contributed by atoms with van der Waals surface area (Å²) in [6, 6.07) is 7.80. The number of fused-ring (bicyclic) bond motifs is 1. The molecule has 0 fully saturated rings. The monoisotopic (exact) mass is 336 g/mol. The number of methoxy groups -OCH3 is 1. The van der Waals surface area contributed by atoms with Crippen LogP contribution < -0.4 is 15.0 Å². The van der Waals surface area contributed by atoms with Crippen LogP contribution in [0, 0.1) is 5.82 Å². The van der Waals surface area contributed by atoms with Gasteiger partial charge in [0.15, 0.2) is 11.5 Å². The van der Waals surface area contributed by atoms with Crippen LogP contribution in [0.2, 0.25) is 0 Å². The highest BCUT2D eigenvalue weighted by molar-refractivity contribution is 5.83. The Balaban J connectivity index is 2.18. The van der Waals surface area contributed by atoms with E-state index >= 15 is 0 Å². The van der Waals surface area contributed by atoms with Crippen LogP contribution in [-0.4, -0.2) is 23.7 Å². The Kier molecular flexibility index (Phi) is 4.11. The van der Waals surface area contributed by atoms with Crippen LogP contribution in [0.3, 0.4) is 0 Å². The number of aromatic nitrogens is 2. The van der Waals surface area contributed by atoms with Gasteiger partial charge < -0.3 is 14.5 Å². The lowest BCUT2D eigenvalue weighted by Crippen LogP contribution is -2.11. The van der Waals surface area contributed by atoms with E-state index in [1.165, 1.54) is 43.5 Å². The Hall–Kier alpha value is -3.03. The Bertz CT molecular complexity index is 940. The van der Waals surface area contributed by atoms with Gasteiger partial charge in [-0.15, -0.1) is 0 Å². The van der Waals surface area contributed by atoms with Crippen molar-refractivity contribution >= 4 is 10.9 Å². The lowest BCUT2D eigenvalue weighted by atomic mass is 10.1. The second-order valence-corrected chi connectivity index (χ2v) is 4.82. The first-order chi connectivity index (χ1) is 11.5. The van der Waals surface area contributed by atoms with E-state index in [0.29, 0.717) is 5.56 Å². The topological polar surface area (TPSA) is 64.2 Å². The van der Waals surface area contributed by atoms with Crippen molar-refractivity contribution in [2.24, 2.45) is 0 Å². The zero-order valence-electron chi connectivity index (χ0n) is 12.3. The van der Waals surface area contributed by atoms with Gasteiger partial charge in [0.25, 0.3) is 5.56 Å². The number of halogens is 3. The first kappa shape index (κ1) is 15.9. The summed E-state index contributed by atoms with van der Waals surface area (Å²) in [4.78, 5) is 19.0. The summed E-state index contributed by atoms with van der Waals surface area (Å²) in [6.45, 7) is -3.05. The second-order valence-electron chi connectivity index (χ2n) is 4.82. The number of ether oxygens (including phenoxy) is 2. The molecule has 0 bridgehead atoms. The molecule has 2 aromatic carbocycles. The Morgan fingerprint density at radius 3 is 2.46 bits per heavy atom. The van der Waals surface area contributed by atoms with Crippen LogP contribution in [0.5, 0.6) is 11.5 Å². The molecule has 1 heterocycles. The molecule has 1 N–H and O–H groups in total. The van der Waals surface area contributed by atoms with Crippen molar-refractivity contribution in [3.05, 3.63) is 52.6 Å². The van der Waals surface area contributed by atoms with E-state index < -0.39 is 18.0 Å². The van der Waals surface area contributed by atoms with Crippen LogP contribution in [0.1, 0.15) is 0 Å². The fraction of sp³-hybridized carbons (Fsp3) is 0.125. The van der Waals surface area contributed by atoms with E-state index in [2.05, 4.69) is 14.7 Å². The van der Waals surface area contributed by atoms with E-state index in [-0.39, 0.29) is 28.2 Å². The maximum Gasteiger partial charge on any atom is 0.387 e. The van der Waals surface area contributed by atoms with Gasteiger partial charge in [-0.3, -0.25) is 4.79 Å². The number of hydrogen-bond donors (Lipinski definition) is 1.